The van der Waals surface area contributed by atoms with Crippen molar-refractivity contribution in [3.05, 3.63) is 65.7 Å². The molecule has 3 amide bonds. The second-order valence-corrected chi connectivity index (χ2v) is 10.1. The number of para-hydroxylation sites is 1. The van der Waals surface area contributed by atoms with Gasteiger partial charge in [0.15, 0.2) is 0 Å². The predicted molar refractivity (Wildman–Crippen MR) is 131 cm³/mol. The number of piperidine rings is 1. The molecule has 4 rings (SSSR count). The topological polar surface area (TPSA) is 92.8 Å². The lowest BCUT2D eigenvalue weighted by Gasteiger charge is -2.49. The van der Waals surface area contributed by atoms with Crippen LogP contribution in [0.4, 0.5) is 5.69 Å². The normalized spacial score (nSPS) is 23.7. The van der Waals surface area contributed by atoms with E-state index in [0.29, 0.717) is 12.8 Å². The molecule has 1 N–H and O–H groups in total. The summed E-state index contributed by atoms with van der Waals surface area (Å²) in [5.74, 6) is -2.01. The number of amides is 3. The average Bonchev–Trinajstić information content (AvgIpc) is 3.02. The minimum Gasteiger partial charge on any atom is -0.462 e. The van der Waals surface area contributed by atoms with Crippen LogP contribution in [0.1, 0.15) is 56.5 Å². The number of rotatable bonds is 7. The highest BCUT2D eigenvalue weighted by Gasteiger charge is 2.65. The maximum Gasteiger partial charge on any atom is 0.340 e. The van der Waals surface area contributed by atoms with Crippen LogP contribution < -0.4 is 5.32 Å². The molecule has 2 aromatic carbocycles. The van der Waals surface area contributed by atoms with Gasteiger partial charge in [0, 0.05) is 12.3 Å². The van der Waals surface area contributed by atoms with Crippen molar-refractivity contribution < 1.29 is 23.9 Å². The highest BCUT2D eigenvalue weighted by molar-refractivity contribution is 6.10. The average molecular weight is 477 g/mol. The first kappa shape index (κ1) is 24.6. The first-order valence-corrected chi connectivity index (χ1v) is 12.1. The van der Waals surface area contributed by atoms with Crippen molar-refractivity contribution in [1.82, 2.24) is 4.90 Å². The Morgan fingerprint density at radius 2 is 1.71 bits per heavy atom. The standard InChI is InChI=1S/C28H32N2O5/c1-5-35-25(33)19-13-9-10-14-21(19)29-23(31)22(17-18-11-7-6-8-12-18)30-24(32)20-15-16-28(4,26(30)34)27(20,2)3/h6-14,20,22H,5,15-17H2,1-4H3,(H,29,31). The first-order valence-electron chi connectivity index (χ1n) is 12.1. The summed E-state index contributed by atoms with van der Waals surface area (Å²) in [6, 6.07) is 14.8. The van der Waals surface area contributed by atoms with Crippen LogP contribution in [0.2, 0.25) is 0 Å². The number of nitrogens with one attached hydrogen (secondary N) is 1. The van der Waals surface area contributed by atoms with E-state index in [9.17, 15) is 19.2 Å². The Morgan fingerprint density at radius 3 is 2.40 bits per heavy atom. The van der Waals surface area contributed by atoms with E-state index in [0.717, 1.165) is 5.56 Å². The SMILES string of the molecule is CCOC(=O)c1ccccc1NC(=O)C(Cc1ccccc1)N1C(=O)C2CCC(C)(C1=O)C2(C)C. The number of hydrogen-bond acceptors (Lipinski definition) is 5. The molecule has 1 saturated carbocycles. The zero-order valence-electron chi connectivity index (χ0n) is 20.7. The molecule has 1 saturated heterocycles. The van der Waals surface area contributed by atoms with Gasteiger partial charge in [0.1, 0.15) is 6.04 Å². The Hall–Kier alpha value is -3.48. The number of ether oxygens (including phenoxy) is 1. The molecule has 1 aliphatic carbocycles. The quantitative estimate of drug-likeness (QED) is 0.477. The summed E-state index contributed by atoms with van der Waals surface area (Å²) in [5.41, 5.74) is 0.103. The number of fused-ring (bicyclic) bond motifs is 2. The van der Waals surface area contributed by atoms with E-state index in [1.54, 1.807) is 31.2 Å². The third kappa shape index (κ3) is 4.13. The lowest BCUT2D eigenvalue weighted by molar-refractivity contribution is -0.172. The van der Waals surface area contributed by atoms with Gasteiger partial charge in [-0.25, -0.2) is 4.79 Å². The third-order valence-corrected chi connectivity index (χ3v) is 8.02. The molecule has 0 radical (unpaired) electrons. The maximum absolute atomic E-state index is 13.8. The van der Waals surface area contributed by atoms with Crippen molar-refractivity contribution in [3.63, 3.8) is 0 Å². The molecule has 2 aromatic rings. The van der Waals surface area contributed by atoms with Crippen LogP contribution >= 0.6 is 0 Å². The molecule has 1 heterocycles. The summed E-state index contributed by atoms with van der Waals surface area (Å²) in [6.07, 6.45) is 1.40. The van der Waals surface area contributed by atoms with Gasteiger partial charge in [-0.2, -0.15) is 0 Å². The summed E-state index contributed by atoms with van der Waals surface area (Å²) in [6.45, 7) is 7.75. The molecule has 2 bridgehead atoms. The van der Waals surface area contributed by atoms with Gasteiger partial charge in [0.2, 0.25) is 17.7 Å². The van der Waals surface area contributed by atoms with Gasteiger partial charge >= 0.3 is 5.97 Å². The summed E-state index contributed by atoms with van der Waals surface area (Å²) in [4.78, 5) is 54.8. The lowest BCUT2D eigenvalue weighted by Crippen LogP contribution is -2.64. The van der Waals surface area contributed by atoms with Crippen LogP contribution in [0.5, 0.6) is 0 Å². The summed E-state index contributed by atoms with van der Waals surface area (Å²) < 4.78 is 5.12. The second kappa shape index (κ2) is 9.29. The molecule has 184 valence electrons. The van der Waals surface area contributed by atoms with Crippen molar-refractivity contribution in [2.75, 3.05) is 11.9 Å². The summed E-state index contributed by atoms with van der Waals surface area (Å²) >= 11 is 0. The zero-order chi connectivity index (χ0) is 25.4. The van der Waals surface area contributed by atoms with Gasteiger partial charge in [-0.3, -0.25) is 19.3 Å². The molecule has 1 aliphatic heterocycles. The van der Waals surface area contributed by atoms with E-state index in [1.165, 1.54) is 4.90 Å². The van der Waals surface area contributed by atoms with Crippen molar-refractivity contribution >= 4 is 29.4 Å². The Labute approximate surface area is 205 Å². The molecule has 3 atom stereocenters. The predicted octanol–water partition coefficient (Wildman–Crippen LogP) is 4.22. The molecule has 35 heavy (non-hydrogen) atoms. The van der Waals surface area contributed by atoms with Crippen LogP contribution in [0.3, 0.4) is 0 Å². The lowest BCUT2D eigenvalue weighted by atomic mass is 9.62. The highest BCUT2D eigenvalue weighted by atomic mass is 16.5. The van der Waals surface area contributed by atoms with Gasteiger partial charge in [-0.1, -0.05) is 63.2 Å². The molecule has 0 spiro atoms. The smallest absolute Gasteiger partial charge is 0.340 e. The Bertz CT molecular complexity index is 1160. The number of anilines is 1. The molecule has 7 nitrogen and oxygen atoms in total. The number of carbonyl (C=O) groups excluding carboxylic acids is 4. The van der Waals surface area contributed by atoms with E-state index in [4.69, 9.17) is 4.74 Å². The number of imide groups is 1. The number of carbonyl (C=O) groups is 4. The largest absolute Gasteiger partial charge is 0.462 e. The van der Waals surface area contributed by atoms with Gasteiger partial charge in [-0.05, 0) is 42.9 Å². The van der Waals surface area contributed by atoms with Crippen molar-refractivity contribution in [3.8, 4) is 0 Å². The van der Waals surface area contributed by atoms with Gasteiger partial charge in [0.25, 0.3) is 0 Å². The number of likely N-dealkylation sites (tertiary alicyclic amines) is 1. The number of benzene rings is 2. The summed E-state index contributed by atoms with van der Waals surface area (Å²) in [7, 11) is 0. The molecule has 2 fully saturated rings. The van der Waals surface area contributed by atoms with E-state index >= 15 is 0 Å². The number of hydrogen-bond donors (Lipinski definition) is 1. The van der Waals surface area contributed by atoms with E-state index in [1.807, 2.05) is 51.1 Å². The monoisotopic (exact) mass is 476 g/mol. The minimum absolute atomic E-state index is 0.176. The second-order valence-electron chi connectivity index (χ2n) is 10.1. The maximum atomic E-state index is 13.8. The molecule has 2 aliphatic rings. The number of esters is 1. The molecular weight excluding hydrogens is 444 g/mol. The van der Waals surface area contributed by atoms with Gasteiger partial charge < -0.3 is 10.1 Å². The first-order chi connectivity index (χ1) is 16.6. The van der Waals surface area contributed by atoms with Gasteiger partial charge in [-0.15, -0.1) is 0 Å². The Morgan fingerprint density at radius 1 is 1.06 bits per heavy atom. The van der Waals surface area contributed by atoms with E-state index in [-0.39, 0.29) is 42.0 Å². The Kier molecular flexibility index (Phi) is 6.54. The van der Waals surface area contributed by atoms with E-state index in [2.05, 4.69) is 5.32 Å². The van der Waals surface area contributed by atoms with Crippen molar-refractivity contribution in [2.45, 2.75) is 53.0 Å². The Balaban J connectivity index is 1.71. The van der Waals surface area contributed by atoms with Crippen LogP contribution in [-0.2, 0) is 25.5 Å². The fourth-order valence-electron chi connectivity index (χ4n) is 5.48. The molecule has 0 aromatic heterocycles. The third-order valence-electron chi connectivity index (χ3n) is 8.02. The van der Waals surface area contributed by atoms with Crippen LogP contribution in [0, 0.1) is 16.7 Å². The molecular formula is C28H32N2O5. The van der Waals surface area contributed by atoms with Crippen LogP contribution in [-0.4, -0.2) is 41.2 Å². The fraction of sp³-hybridized carbons (Fsp3) is 0.429. The molecule has 3 unspecified atom stereocenters. The molecule has 7 heteroatoms. The highest BCUT2D eigenvalue weighted by Crippen LogP contribution is 2.60. The van der Waals surface area contributed by atoms with Crippen LogP contribution in [0.15, 0.2) is 54.6 Å². The van der Waals surface area contributed by atoms with Gasteiger partial charge in [0.05, 0.1) is 23.3 Å². The van der Waals surface area contributed by atoms with E-state index < -0.39 is 28.7 Å². The number of nitrogens with zero attached hydrogens (tertiary/aromatic N) is 1. The van der Waals surface area contributed by atoms with Crippen molar-refractivity contribution in [2.24, 2.45) is 16.7 Å². The minimum atomic E-state index is -1.05. The van der Waals surface area contributed by atoms with Crippen molar-refractivity contribution in [1.29, 1.82) is 0 Å². The van der Waals surface area contributed by atoms with Crippen LogP contribution in [0.25, 0.3) is 0 Å². The fourth-order valence-corrected chi connectivity index (χ4v) is 5.48. The zero-order valence-corrected chi connectivity index (χ0v) is 20.7. The summed E-state index contributed by atoms with van der Waals surface area (Å²) in [5, 5.41) is 2.81.